The molecule has 84 valence electrons. The molecule has 4 nitrogen and oxygen atoms in total. The van der Waals surface area contributed by atoms with Gasteiger partial charge in [-0.25, -0.2) is 4.79 Å². The van der Waals surface area contributed by atoms with Crippen LogP contribution in [0.15, 0.2) is 24.3 Å². The minimum absolute atomic E-state index is 0.113. The Balaban J connectivity index is 2.54. The molecule has 0 aliphatic carbocycles. The summed E-state index contributed by atoms with van der Waals surface area (Å²) in [6.07, 6.45) is 0. The number of hydrogen-bond donors (Lipinski definition) is 1. The second-order valence-corrected chi connectivity index (χ2v) is 2.85. The van der Waals surface area contributed by atoms with Gasteiger partial charge in [0.05, 0.1) is 7.11 Å². The summed E-state index contributed by atoms with van der Waals surface area (Å²) in [6, 6.07) is 6.89. The largest absolute Gasteiger partial charge is 0.482 e. The van der Waals surface area contributed by atoms with Crippen molar-refractivity contribution >= 4 is 5.97 Å². The summed E-state index contributed by atoms with van der Waals surface area (Å²) < 4.78 is 9.58. The maximum atomic E-state index is 10.8. The number of methoxy groups -OCH3 is 1. The third-order valence-corrected chi connectivity index (χ3v) is 1.75. The molecule has 0 spiro atoms. The van der Waals surface area contributed by atoms with Gasteiger partial charge in [-0.3, -0.25) is 0 Å². The van der Waals surface area contributed by atoms with Crippen LogP contribution in [0, 0.1) is 11.8 Å². The molecular weight excluding hydrogens is 208 g/mol. The smallest absolute Gasteiger partial charge is 0.343 e. The van der Waals surface area contributed by atoms with E-state index >= 15 is 0 Å². The normalized spacial score (nSPS) is 8.88. The lowest BCUT2D eigenvalue weighted by Crippen LogP contribution is -2.12. The van der Waals surface area contributed by atoms with Crippen LogP contribution >= 0.6 is 0 Å². The van der Waals surface area contributed by atoms with Gasteiger partial charge < -0.3 is 14.6 Å². The van der Waals surface area contributed by atoms with Crippen LogP contribution in [0.5, 0.6) is 5.75 Å². The molecule has 0 aromatic heterocycles. The third kappa shape index (κ3) is 4.03. The highest BCUT2D eigenvalue weighted by Gasteiger charge is 2.00. The minimum atomic E-state index is -0.427. The number of ether oxygens (including phenoxy) is 2. The van der Waals surface area contributed by atoms with Gasteiger partial charge >= 0.3 is 5.97 Å². The second kappa shape index (κ2) is 6.49. The summed E-state index contributed by atoms with van der Waals surface area (Å²) in [6.45, 7) is -0.279. The predicted octanol–water partition coefficient (Wildman–Crippen LogP) is 0.582. The summed E-state index contributed by atoms with van der Waals surface area (Å²) in [5, 5.41) is 8.50. The van der Waals surface area contributed by atoms with E-state index in [4.69, 9.17) is 9.84 Å². The first-order valence-corrected chi connectivity index (χ1v) is 4.65. The van der Waals surface area contributed by atoms with E-state index in [-0.39, 0.29) is 13.2 Å². The van der Waals surface area contributed by atoms with E-state index in [1.807, 2.05) is 0 Å². The van der Waals surface area contributed by atoms with Gasteiger partial charge in [0.2, 0.25) is 0 Å². The Morgan fingerprint density at radius 1 is 1.38 bits per heavy atom. The van der Waals surface area contributed by atoms with E-state index in [2.05, 4.69) is 16.6 Å². The van der Waals surface area contributed by atoms with Crippen molar-refractivity contribution in [2.24, 2.45) is 0 Å². The van der Waals surface area contributed by atoms with E-state index in [0.717, 1.165) is 5.56 Å². The van der Waals surface area contributed by atoms with Crippen LogP contribution in [0.1, 0.15) is 5.56 Å². The molecule has 0 unspecified atom stereocenters. The first-order valence-electron chi connectivity index (χ1n) is 4.65. The molecule has 0 aliphatic rings. The molecule has 0 radical (unpaired) electrons. The van der Waals surface area contributed by atoms with Crippen LogP contribution in [0.4, 0.5) is 0 Å². The van der Waals surface area contributed by atoms with Gasteiger partial charge in [-0.1, -0.05) is 11.8 Å². The molecule has 1 aromatic carbocycles. The van der Waals surface area contributed by atoms with Crippen molar-refractivity contribution in [1.29, 1.82) is 0 Å². The molecule has 0 saturated carbocycles. The summed E-state index contributed by atoms with van der Waals surface area (Å²) in [5.41, 5.74) is 0.777. The summed E-state index contributed by atoms with van der Waals surface area (Å²) in [5.74, 6) is 5.43. The molecule has 0 bridgehead atoms. The van der Waals surface area contributed by atoms with E-state index in [9.17, 15) is 4.79 Å². The summed E-state index contributed by atoms with van der Waals surface area (Å²) in [4.78, 5) is 10.8. The number of benzene rings is 1. The Morgan fingerprint density at radius 2 is 2.06 bits per heavy atom. The van der Waals surface area contributed by atoms with Gasteiger partial charge in [-0.05, 0) is 24.3 Å². The number of aliphatic hydroxyl groups is 1. The van der Waals surface area contributed by atoms with Crippen molar-refractivity contribution in [3.8, 4) is 17.6 Å². The molecule has 1 rings (SSSR count). The Kier molecular flexibility index (Phi) is 4.90. The Morgan fingerprint density at radius 3 is 2.62 bits per heavy atom. The van der Waals surface area contributed by atoms with Gasteiger partial charge in [-0.2, -0.15) is 0 Å². The van der Waals surface area contributed by atoms with Crippen LogP contribution in [-0.4, -0.2) is 31.4 Å². The lowest BCUT2D eigenvalue weighted by molar-refractivity contribution is -0.142. The average molecular weight is 220 g/mol. The highest BCUT2D eigenvalue weighted by Crippen LogP contribution is 2.11. The van der Waals surface area contributed by atoms with Crippen molar-refractivity contribution < 1.29 is 19.4 Å². The van der Waals surface area contributed by atoms with Crippen LogP contribution in [0.3, 0.4) is 0 Å². The lowest BCUT2D eigenvalue weighted by Gasteiger charge is -2.03. The average Bonchev–Trinajstić information content (AvgIpc) is 2.34. The number of carbonyl (C=O) groups is 1. The standard InChI is InChI=1S/C12H12O4/c1-15-12(14)9-16-11-6-4-10(5-7-11)3-2-8-13/h4-7,13H,8-9H2,1H3. The first-order chi connectivity index (χ1) is 7.76. The highest BCUT2D eigenvalue weighted by molar-refractivity contribution is 5.70. The maximum Gasteiger partial charge on any atom is 0.343 e. The molecule has 0 heterocycles. The van der Waals surface area contributed by atoms with Crippen molar-refractivity contribution in [3.63, 3.8) is 0 Å². The predicted molar refractivity (Wildman–Crippen MR) is 57.9 cm³/mol. The van der Waals surface area contributed by atoms with E-state index < -0.39 is 5.97 Å². The molecule has 1 N–H and O–H groups in total. The maximum absolute atomic E-state index is 10.8. The molecule has 1 aromatic rings. The Labute approximate surface area is 93.8 Å². The van der Waals surface area contributed by atoms with Gasteiger partial charge in [0.15, 0.2) is 6.61 Å². The lowest BCUT2D eigenvalue weighted by atomic mass is 10.2. The molecule has 0 amide bonds. The number of aliphatic hydroxyl groups excluding tert-OH is 1. The van der Waals surface area contributed by atoms with Crippen molar-refractivity contribution in [2.75, 3.05) is 20.3 Å². The molecular formula is C12H12O4. The fourth-order valence-electron chi connectivity index (χ4n) is 0.977. The fraction of sp³-hybridized carbons (Fsp3) is 0.250. The molecule has 0 atom stereocenters. The Hall–Kier alpha value is -1.99. The summed E-state index contributed by atoms with van der Waals surface area (Å²) in [7, 11) is 1.30. The number of carbonyl (C=O) groups excluding carboxylic acids is 1. The van der Waals surface area contributed by atoms with Crippen molar-refractivity contribution in [1.82, 2.24) is 0 Å². The van der Waals surface area contributed by atoms with Crippen LogP contribution in [-0.2, 0) is 9.53 Å². The van der Waals surface area contributed by atoms with E-state index in [1.54, 1.807) is 24.3 Å². The molecule has 16 heavy (non-hydrogen) atoms. The zero-order valence-electron chi connectivity index (χ0n) is 8.90. The quantitative estimate of drug-likeness (QED) is 0.598. The zero-order chi connectivity index (χ0) is 11.8. The van der Waals surface area contributed by atoms with Crippen molar-refractivity contribution in [3.05, 3.63) is 29.8 Å². The Bertz CT molecular complexity index is 397. The topological polar surface area (TPSA) is 55.8 Å². The van der Waals surface area contributed by atoms with Gasteiger partial charge in [-0.15, -0.1) is 0 Å². The monoisotopic (exact) mass is 220 g/mol. The number of esters is 1. The van der Waals surface area contributed by atoms with E-state index in [1.165, 1.54) is 7.11 Å². The van der Waals surface area contributed by atoms with Gasteiger partial charge in [0.1, 0.15) is 12.4 Å². The fourth-order valence-corrected chi connectivity index (χ4v) is 0.977. The second-order valence-electron chi connectivity index (χ2n) is 2.85. The van der Waals surface area contributed by atoms with Crippen LogP contribution in [0.2, 0.25) is 0 Å². The minimum Gasteiger partial charge on any atom is -0.482 e. The zero-order valence-corrected chi connectivity index (χ0v) is 8.90. The highest BCUT2D eigenvalue weighted by atomic mass is 16.6. The molecule has 0 aliphatic heterocycles. The third-order valence-electron chi connectivity index (χ3n) is 1.75. The van der Waals surface area contributed by atoms with Crippen molar-refractivity contribution in [2.45, 2.75) is 0 Å². The summed E-state index contributed by atoms with van der Waals surface area (Å²) >= 11 is 0. The molecule has 4 heteroatoms. The number of hydrogen-bond acceptors (Lipinski definition) is 4. The molecule has 0 fully saturated rings. The van der Waals surface area contributed by atoms with Crippen LogP contribution in [0.25, 0.3) is 0 Å². The van der Waals surface area contributed by atoms with Gasteiger partial charge in [0.25, 0.3) is 0 Å². The van der Waals surface area contributed by atoms with E-state index in [0.29, 0.717) is 5.75 Å². The first kappa shape index (κ1) is 12.1. The van der Waals surface area contributed by atoms with Gasteiger partial charge in [0, 0.05) is 5.56 Å². The molecule has 0 saturated heterocycles. The SMILES string of the molecule is COC(=O)COc1ccc(C#CCO)cc1. The number of rotatable bonds is 3. The van der Waals surface area contributed by atoms with Crippen LogP contribution < -0.4 is 4.74 Å².